The second-order valence-corrected chi connectivity index (χ2v) is 7.41. The summed E-state index contributed by atoms with van der Waals surface area (Å²) in [4.78, 5) is 20.8. The summed E-state index contributed by atoms with van der Waals surface area (Å²) in [7, 11) is 0. The molecule has 0 aliphatic carbocycles. The number of aromatic nitrogens is 2. The van der Waals surface area contributed by atoms with Crippen molar-refractivity contribution in [3.8, 4) is 0 Å². The summed E-state index contributed by atoms with van der Waals surface area (Å²) in [5.41, 5.74) is 0.561. The summed E-state index contributed by atoms with van der Waals surface area (Å²) in [6, 6.07) is 11.7. The van der Waals surface area contributed by atoms with Crippen LogP contribution < -0.4 is 10.9 Å². The highest BCUT2D eigenvalue weighted by molar-refractivity contribution is 6.00. The summed E-state index contributed by atoms with van der Waals surface area (Å²) in [5.74, 6) is 0.167. The van der Waals surface area contributed by atoms with Crippen molar-refractivity contribution in [3.05, 3.63) is 99.5 Å². The van der Waals surface area contributed by atoms with Crippen molar-refractivity contribution in [1.82, 2.24) is 14.9 Å². The number of aliphatic imine (C=N–C) groups is 1. The monoisotopic (exact) mass is 426 g/mol. The molecular formula is C23H21F3N4O. The van der Waals surface area contributed by atoms with E-state index in [1.54, 1.807) is 35.0 Å². The summed E-state index contributed by atoms with van der Waals surface area (Å²) >= 11 is 0. The zero-order valence-corrected chi connectivity index (χ0v) is 17.0. The van der Waals surface area contributed by atoms with E-state index in [1.165, 1.54) is 30.5 Å². The van der Waals surface area contributed by atoms with Gasteiger partial charge in [0.2, 0.25) is 0 Å². The maximum absolute atomic E-state index is 13.6. The summed E-state index contributed by atoms with van der Waals surface area (Å²) in [6.07, 6.45) is 0.437. The third-order valence-electron chi connectivity index (χ3n) is 5.60. The van der Waals surface area contributed by atoms with Crippen molar-refractivity contribution < 1.29 is 13.2 Å². The third-order valence-corrected chi connectivity index (χ3v) is 5.60. The van der Waals surface area contributed by atoms with E-state index in [4.69, 9.17) is 4.99 Å². The molecule has 5 nitrogen and oxygen atoms in total. The molecule has 3 aromatic rings. The number of aryl methyl sites for hydroxylation is 1. The Bertz CT molecular complexity index is 1170. The number of hydrogen-bond donors (Lipinski definition) is 1. The number of nitrogens with zero attached hydrogens (tertiary/aromatic N) is 3. The molecule has 1 aliphatic rings. The van der Waals surface area contributed by atoms with E-state index in [1.807, 2.05) is 13.8 Å². The first-order chi connectivity index (χ1) is 14.8. The van der Waals surface area contributed by atoms with Crippen LogP contribution in [0.3, 0.4) is 0 Å². The van der Waals surface area contributed by atoms with Crippen LogP contribution in [-0.2, 0) is 12.1 Å². The van der Waals surface area contributed by atoms with Gasteiger partial charge in [-0.05, 0) is 43.7 Å². The van der Waals surface area contributed by atoms with Gasteiger partial charge in [0.15, 0.2) is 0 Å². The summed E-state index contributed by atoms with van der Waals surface area (Å²) in [5, 5.41) is 3.35. The Morgan fingerprint density at radius 2 is 1.81 bits per heavy atom. The van der Waals surface area contributed by atoms with E-state index < -0.39 is 12.0 Å². The van der Waals surface area contributed by atoms with E-state index in [0.29, 0.717) is 23.5 Å². The predicted molar refractivity (Wildman–Crippen MR) is 112 cm³/mol. The highest BCUT2D eigenvalue weighted by Crippen LogP contribution is 2.41. The second kappa shape index (κ2) is 8.02. The smallest absolute Gasteiger partial charge is 0.280 e. The van der Waals surface area contributed by atoms with Crippen LogP contribution >= 0.6 is 0 Å². The minimum Gasteiger partial charge on any atom is -0.364 e. The summed E-state index contributed by atoms with van der Waals surface area (Å²) in [6.45, 7) is 4.30. The number of amidine groups is 1. The van der Waals surface area contributed by atoms with Crippen LogP contribution in [0.15, 0.2) is 70.7 Å². The van der Waals surface area contributed by atoms with Gasteiger partial charge in [-0.2, -0.15) is 0 Å². The summed E-state index contributed by atoms with van der Waals surface area (Å²) < 4.78 is 41.3. The van der Waals surface area contributed by atoms with Gasteiger partial charge in [0.1, 0.15) is 22.9 Å². The number of pyridine rings is 2. The molecule has 0 amide bonds. The van der Waals surface area contributed by atoms with Gasteiger partial charge >= 0.3 is 0 Å². The zero-order valence-electron chi connectivity index (χ0n) is 17.0. The number of alkyl halides is 2. The first-order valence-electron chi connectivity index (χ1n) is 9.93. The van der Waals surface area contributed by atoms with Crippen molar-refractivity contribution in [3.63, 3.8) is 0 Å². The minimum atomic E-state index is -2.68. The van der Waals surface area contributed by atoms with E-state index in [0.717, 1.165) is 5.56 Å². The van der Waals surface area contributed by atoms with Gasteiger partial charge in [-0.3, -0.25) is 9.78 Å². The minimum absolute atomic E-state index is 0.116. The van der Waals surface area contributed by atoms with Crippen LogP contribution in [0.1, 0.15) is 42.7 Å². The molecule has 160 valence electrons. The molecule has 0 radical (unpaired) electrons. The van der Waals surface area contributed by atoms with Gasteiger partial charge in [-0.15, -0.1) is 0 Å². The van der Waals surface area contributed by atoms with Crippen LogP contribution in [-0.4, -0.2) is 21.4 Å². The Balaban J connectivity index is 1.90. The first-order valence-corrected chi connectivity index (χ1v) is 9.93. The van der Waals surface area contributed by atoms with E-state index in [9.17, 15) is 18.0 Å². The first kappa shape index (κ1) is 20.8. The normalized spacial score (nSPS) is 20.6. The van der Waals surface area contributed by atoms with Crippen LogP contribution in [0.5, 0.6) is 0 Å². The molecule has 1 aromatic carbocycles. The number of benzene rings is 1. The molecule has 1 N–H and O–H groups in total. The molecule has 0 spiro atoms. The standard InChI is InChI=1S/C23H21F3N4O/c1-3-30-13-15(4-11-20(30)31)22-28-14(2)23(29-22,16-5-8-18(24)9-6-16)17-7-10-19(21(25)26)27-12-17/h4-14,21H,3H2,1-2H3,(H,28,29)/t14-,23?/m0/s1. The molecule has 8 heteroatoms. The maximum Gasteiger partial charge on any atom is 0.280 e. The Kier molecular flexibility index (Phi) is 5.39. The lowest BCUT2D eigenvalue weighted by atomic mass is 9.79. The largest absolute Gasteiger partial charge is 0.364 e. The molecule has 2 aromatic heterocycles. The van der Waals surface area contributed by atoms with Gasteiger partial charge < -0.3 is 9.88 Å². The molecule has 31 heavy (non-hydrogen) atoms. The Labute approximate surface area is 177 Å². The highest BCUT2D eigenvalue weighted by Gasteiger charge is 2.45. The highest BCUT2D eigenvalue weighted by atomic mass is 19.3. The third kappa shape index (κ3) is 3.62. The Morgan fingerprint density at radius 3 is 2.42 bits per heavy atom. The molecule has 0 saturated carbocycles. The SMILES string of the molecule is CCn1cc(C2=NC(c3ccc(F)cc3)(c3ccc(C(F)F)nc3)[C@H](C)N2)ccc1=O. The van der Waals surface area contributed by atoms with Gasteiger partial charge in [0.05, 0.1) is 6.04 Å². The predicted octanol–water partition coefficient (Wildman–Crippen LogP) is 4.02. The topological polar surface area (TPSA) is 59.3 Å². The van der Waals surface area contributed by atoms with Gasteiger partial charge in [-0.1, -0.05) is 18.2 Å². The number of hydrogen-bond acceptors (Lipinski definition) is 4. The molecule has 0 saturated heterocycles. The fourth-order valence-corrected chi connectivity index (χ4v) is 3.94. The molecule has 3 heterocycles. The van der Waals surface area contributed by atoms with Crippen LogP contribution in [0.4, 0.5) is 13.2 Å². The van der Waals surface area contributed by atoms with Crippen molar-refractivity contribution >= 4 is 5.84 Å². The van der Waals surface area contributed by atoms with Gasteiger partial charge in [0.25, 0.3) is 12.0 Å². The average Bonchev–Trinajstić information content (AvgIpc) is 3.12. The van der Waals surface area contributed by atoms with Crippen molar-refractivity contribution in [2.45, 2.75) is 38.4 Å². The number of nitrogens with one attached hydrogen (secondary N) is 1. The van der Waals surface area contributed by atoms with E-state index in [2.05, 4.69) is 10.3 Å². The molecule has 4 rings (SSSR count). The van der Waals surface area contributed by atoms with E-state index >= 15 is 0 Å². The fourth-order valence-electron chi connectivity index (χ4n) is 3.94. The van der Waals surface area contributed by atoms with E-state index in [-0.39, 0.29) is 23.1 Å². The zero-order chi connectivity index (χ0) is 22.2. The molecule has 1 unspecified atom stereocenters. The maximum atomic E-state index is 13.6. The quantitative estimate of drug-likeness (QED) is 0.671. The van der Waals surface area contributed by atoms with Gasteiger partial charge in [-0.25, -0.2) is 18.2 Å². The lowest BCUT2D eigenvalue weighted by molar-refractivity contribution is 0.146. The number of halogens is 3. The van der Waals surface area contributed by atoms with Crippen LogP contribution in [0, 0.1) is 5.82 Å². The molecule has 0 bridgehead atoms. The molecule has 1 aliphatic heterocycles. The molecular weight excluding hydrogens is 405 g/mol. The molecule has 0 fully saturated rings. The van der Waals surface area contributed by atoms with Gasteiger partial charge in [0, 0.05) is 36.1 Å². The lowest BCUT2D eigenvalue weighted by Crippen LogP contribution is -2.41. The Hall–Kier alpha value is -3.42. The second-order valence-electron chi connectivity index (χ2n) is 7.41. The Morgan fingerprint density at radius 1 is 1.10 bits per heavy atom. The van der Waals surface area contributed by atoms with Crippen molar-refractivity contribution in [1.29, 1.82) is 0 Å². The lowest BCUT2D eigenvalue weighted by Gasteiger charge is -2.31. The van der Waals surface area contributed by atoms with Crippen LogP contribution in [0.25, 0.3) is 0 Å². The van der Waals surface area contributed by atoms with Crippen LogP contribution in [0.2, 0.25) is 0 Å². The average molecular weight is 426 g/mol. The van der Waals surface area contributed by atoms with Crippen molar-refractivity contribution in [2.24, 2.45) is 4.99 Å². The van der Waals surface area contributed by atoms with Crippen molar-refractivity contribution in [2.75, 3.05) is 0 Å². The molecule has 2 atom stereocenters. The fraction of sp³-hybridized carbons (Fsp3) is 0.261. The number of rotatable bonds is 5.